The van der Waals surface area contributed by atoms with E-state index in [1.165, 1.54) is 22.1 Å². The van der Waals surface area contributed by atoms with Gasteiger partial charge in [0, 0.05) is 30.7 Å². The van der Waals surface area contributed by atoms with Gasteiger partial charge in [-0.3, -0.25) is 0 Å². The van der Waals surface area contributed by atoms with Gasteiger partial charge < -0.3 is 15.3 Å². The molecule has 1 heterocycles. The van der Waals surface area contributed by atoms with Crippen LogP contribution in [-0.2, 0) is 6.54 Å². The number of benzene rings is 1. The van der Waals surface area contributed by atoms with Gasteiger partial charge in [0.25, 0.3) is 0 Å². The average molecular weight is 341 g/mol. The van der Waals surface area contributed by atoms with Gasteiger partial charge in [-0.25, -0.2) is 0 Å². The maximum Gasteiger partial charge on any atom is 0.0510 e. The average Bonchev–Trinajstić information content (AvgIpc) is 2.48. The van der Waals surface area contributed by atoms with Gasteiger partial charge >= 0.3 is 0 Å². The van der Waals surface area contributed by atoms with Crippen molar-refractivity contribution < 1.29 is 5.11 Å². The molecule has 0 amide bonds. The van der Waals surface area contributed by atoms with Crippen LogP contribution < -0.4 is 10.2 Å². The van der Waals surface area contributed by atoms with Gasteiger partial charge in [0.1, 0.15) is 0 Å². The van der Waals surface area contributed by atoms with Crippen molar-refractivity contribution in [3.8, 4) is 0 Å². The van der Waals surface area contributed by atoms with Gasteiger partial charge in [-0.05, 0) is 65.4 Å². The Bertz CT molecular complexity index is 417. The SMILES string of the molecule is CCCNCc1ccc(N2CCC(CO)CC2)c(Br)c1. The molecule has 1 aliphatic rings. The molecule has 1 fully saturated rings. The van der Waals surface area contributed by atoms with Crippen LogP contribution in [0.25, 0.3) is 0 Å². The van der Waals surface area contributed by atoms with E-state index in [1.807, 2.05) is 0 Å². The van der Waals surface area contributed by atoms with E-state index in [0.29, 0.717) is 12.5 Å². The minimum atomic E-state index is 0.330. The van der Waals surface area contributed by atoms with E-state index in [-0.39, 0.29) is 0 Å². The highest BCUT2D eigenvalue weighted by molar-refractivity contribution is 9.10. The molecule has 1 saturated heterocycles. The van der Waals surface area contributed by atoms with E-state index >= 15 is 0 Å². The number of nitrogens with zero attached hydrogens (tertiary/aromatic N) is 1. The third-order valence-electron chi connectivity index (χ3n) is 3.98. The number of aliphatic hydroxyl groups is 1. The molecule has 20 heavy (non-hydrogen) atoms. The molecule has 2 rings (SSSR count). The molecular weight excluding hydrogens is 316 g/mol. The summed E-state index contributed by atoms with van der Waals surface area (Å²) in [5.74, 6) is 0.488. The molecular formula is C16H25BrN2O. The van der Waals surface area contributed by atoms with Crippen LogP contribution in [0.3, 0.4) is 0 Å². The van der Waals surface area contributed by atoms with Gasteiger partial charge in [-0.2, -0.15) is 0 Å². The van der Waals surface area contributed by atoms with Crippen LogP contribution in [0, 0.1) is 5.92 Å². The molecule has 0 bridgehead atoms. The van der Waals surface area contributed by atoms with E-state index in [2.05, 4.69) is 51.3 Å². The maximum atomic E-state index is 9.21. The predicted molar refractivity (Wildman–Crippen MR) is 88.2 cm³/mol. The molecule has 1 aliphatic heterocycles. The fourth-order valence-corrected chi connectivity index (χ4v) is 3.36. The third kappa shape index (κ3) is 4.21. The normalized spacial score (nSPS) is 16.6. The molecule has 0 aliphatic carbocycles. The first-order valence-corrected chi connectivity index (χ1v) is 8.38. The maximum absolute atomic E-state index is 9.21. The van der Waals surface area contributed by atoms with Gasteiger partial charge in [0.05, 0.1) is 5.69 Å². The summed E-state index contributed by atoms with van der Waals surface area (Å²) in [4.78, 5) is 2.42. The van der Waals surface area contributed by atoms with Crippen molar-refractivity contribution in [3.63, 3.8) is 0 Å². The van der Waals surface area contributed by atoms with E-state index in [1.54, 1.807) is 0 Å². The molecule has 0 spiro atoms. The number of halogens is 1. The molecule has 4 heteroatoms. The highest BCUT2D eigenvalue weighted by Gasteiger charge is 2.20. The summed E-state index contributed by atoms with van der Waals surface area (Å²) in [6, 6.07) is 6.64. The van der Waals surface area contributed by atoms with E-state index < -0.39 is 0 Å². The molecule has 3 nitrogen and oxygen atoms in total. The Labute approximate surface area is 130 Å². The van der Waals surface area contributed by atoms with Crippen molar-refractivity contribution in [3.05, 3.63) is 28.2 Å². The molecule has 2 N–H and O–H groups in total. The predicted octanol–water partition coefficient (Wildman–Crippen LogP) is 3.16. The zero-order valence-corrected chi connectivity index (χ0v) is 13.8. The monoisotopic (exact) mass is 340 g/mol. The lowest BCUT2D eigenvalue weighted by atomic mass is 9.97. The molecule has 0 saturated carbocycles. The van der Waals surface area contributed by atoms with Gasteiger partial charge in [0.15, 0.2) is 0 Å². The van der Waals surface area contributed by atoms with Crippen LogP contribution in [0.2, 0.25) is 0 Å². The second-order valence-corrected chi connectivity index (χ2v) is 6.43. The van der Waals surface area contributed by atoms with Crippen LogP contribution >= 0.6 is 15.9 Å². The van der Waals surface area contributed by atoms with Crippen LogP contribution in [0.5, 0.6) is 0 Å². The Morgan fingerprint density at radius 1 is 1.35 bits per heavy atom. The van der Waals surface area contributed by atoms with E-state index in [4.69, 9.17) is 0 Å². The first-order valence-electron chi connectivity index (χ1n) is 7.59. The zero-order valence-electron chi connectivity index (χ0n) is 12.2. The molecule has 1 aromatic rings. The largest absolute Gasteiger partial charge is 0.396 e. The molecule has 112 valence electrons. The van der Waals surface area contributed by atoms with E-state index in [9.17, 15) is 5.11 Å². The summed E-state index contributed by atoms with van der Waals surface area (Å²) in [5.41, 5.74) is 2.60. The summed E-state index contributed by atoms with van der Waals surface area (Å²) in [6.07, 6.45) is 3.34. The second kappa shape index (κ2) is 8.01. The fraction of sp³-hybridized carbons (Fsp3) is 0.625. The van der Waals surface area contributed by atoms with Crippen molar-refractivity contribution in [2.45, 2.75) is 32.7 Å². The number of piperidine rings is 1. The summed E-state index contributed by atoms with van der Waals surface area (Å²) < 4.78 is 1.18. The highest BCUT2D eigenvalue weighted by Crippen LogP contribution is 2.30. The Balaban J connectivity index is 1.95. The highest BCUT2D eigenvalue weighted by atomic mass is 79.9. The Kier molecular flexibility index (Phi) is 6.33. The number of hydrogen-bond donors (Lipinski definition) is 2. The van der Waals surface area contributed by atoms with Crippen LogP contribution in [0.4, 0.5) is 5.69 Å². The number of nitrogens with one attached hydrogen (secondary N) is 1. The number of anilines is 1. The summed E-state index contributed by atoms with van der Waals surface area (Å²) in [7, 11) is 0. The van der Waals surface area contributed by atoms with Crippen LogP contribution in [0.15, 0.2) is 22.7 Å². The Hall–Kier alpha value is -0.580. The van der Waals surface area contributed by atoms with Crippen molar-refractivity contribution in [1.82, 2.24) is 5.32 Å². The molecule has 0 atom stereocenters. The molecule has 0 radical (unpaired) electrons. The number of rotatable bonds is 6. The fourth-order valence-electron chi connectivity index (χ4n) is 2.68. The first-order chi connectivity index (χ1) is 9.74. The van der Waals surface area contributed by atoms with Crippen molar-refractivity contribution in [2.75, 3.05) is 31.1 Å². The lowest BCUT2D eigenvalue weighted by Gasteiger charge is -2.33. The van der Waals surface area contributed by atoms with E-state index in [0.717, 1.165) is 39.0 Å². The second-order valence-electron chi connectivity index (χ2n) is 5.58. The molecule has 0 aromatic heterocycles. The smallest absolute Gasteiger partial charge is 0.0510 e. The summed E-state index contributed by atoms with van der Waals surface area (Å²) in [5, 5.41) is 12.6. The van der Waals surface area contributed by atoms with Gasteiger partial charge in [-0.1, -0.05) is 13.0 Å². The van der Waals surface area contributed by atoms with Gasteiger partial charge in [0.2, 0.25) is 0 Å². The first kappa shape index (κ1) is 15.8. The third-order valence-corrected chi connectivity index (χ3v) is 4.62. The van der Waals surface area contributed by atoms with Crippen LogP contribution in [0.1, 0.15) is 31.7 Å². The summed E-state index contributed by atoms with van der Waals surface area (Å²) >= 11 is 3.71. The minimum Gasteiger partial charge on any atom is -0.396 e. The molecule has 0 unspecified atom stereocenters. The Morgan fingerprint density at radius 2 is 2.10 bits per heavy atom. The Morgan fingerprint density at radius 3 is 2.70 bits per heavy atom. The lowest BCUT2D eigenvalue weighted by molar-refractivity contribution is 0.203. The van der Waals surface area contributed by atoms with Crippen molar-refractivity contribution in [2.24, 2.45) is 5.92 Å². The number of aliphatic hydroxyl groups excluding tert-OH is 1. The zero-order chi connectivity index (χ0) is 14.4. The van der Waals surface area contributed by atoms with Crippen molar-refractivity contribution >= 4 is 21.6 Å². The number of hydrogen-bond acceptors (Lipinski definition) is 3. The topological polar surface area (TPSA) is 35.5 Å². The molecule has 1 aromatic carbocycles. The summed E-state index contributed by atoms with van der Waals surface area (Å²) in [6.45, 7) is 6.58. The quantitative estimate of drug-likeness (QED) is 0.781. The van der Waals surface area contributed by atoms with Gasteiger partial charge in [-0.15, -0.1) is 0 Å². The lowest BCUT2D eigenvalue weighted by Crippen LogP contribution is -2.34. The minimum absolute atomic E-state index is 0.330. The van der Waals surface area contributed by atoms with Crippen LogP contribution in [-0.4, -0.2) is 31.3 Å². The standard InChI is InChI=1S/C16H25BrN2O/c1-2-7-18-11-14-3-4-16(15(17)10-14)19-8-5-13(12-20)6-9-19/h3-4,10,13,18,20H,2,5-9,11-12H2,1H3. The van der Waals surface area contributed by atoms with Crippen molar-refractivity contribution in [1.29, 1.82) is 0 Å².